The number of rotatable bonds is 14. The molecule has 140 valence electrons. The lowest BCUT2D eigenvalue weighted by molar-refractivity contribution is -0.129. The predicted octanol–water partition coefficient (Wildman–Crippen LogP) is 0.0800. The maximum absolute atomic E-state index is 9.06. The lowest BCUT2D eigenvalue weighted by Crippen LogP contribution is -2.37. The molecular formula is C16H34O7. The Labute approximate surface area is 139 Å². The molecule has 0 aromatic rings. The standard InChI is InChI=1S/C16H34O7/c1-15(2,5-7-21-13(9-17)10-18)22-8-6-16(3,4)23-14(11-19)12-20/h13-14,17-20H,5-12H2,1-4H3. The second kappa shape index (κ2) is 11.3. The fraction of sp³-hybridized carbons (Fsp3) is 1.00. The summed E-state index contributed by atoms with van der Waals surface area (Å²) in [5.74, 6) is 0. The predicted molar refractivity (Wildman–Crippen MR) is 86.3 cm³/mol. The van der Waals surface area contributed by atoms with Gasteiger partial charge in [0.2, 0.25) is 0 Å². The topological polar surface area (TPSA) is 109 Å². The first-order chi connectivity index (χ1) is 10.7. The van der Waals surface area contributed by atoms with E-state index < -0.39 is 23.4 Å². The van der Waals surface area contributed by atoms with E-state index in [0.29, 0.717) is 26.1 Å². The molecule has 0 radical (unpaired) electrons. The van der Waals surface area contributed by atoms with Crippen molar-refractivity contribution in [1.82, 2.24) is 0 Å². The SMILES string of the molecule is CC(C)(CCOC(CO)CO)OCCC(C)(C)OC(CO)CO. The molecule has 0 spiro atoms. The number of aliphatic hydroxyl groups is 4. The van der Waals surface area contributed by atoms with Crippen LogP contribution in [0, 0.1) is 0 Å². The third-order valence-corrected chi connectivity index (χ3v) is 3.55. The summed E-state index contributed by atoms with van der Waals surface area (Å²) >= 11 is 0. The second-order valence-electron chi connectivity index (χ2n) is 6.83. The Morgan fingerprint density at radius 2 is 1.17 bits per heavy atom. The van der Waals surface area contributed by atoms with E-state index in [1.807, 2.05) is 27.7 Å². The summed E-state index contributed by atoms with van der Waals surface area (Å²) in [6.07, 6.45) is 0.108. The lowest BCUT2D eigenvalue weighted by Gasteiger charge is -2.32. The molecule has 0 rings (SSSR count). The molecule has 7 heteroatoms. The van der Waals surface area contributed by atoms with E-state index in [9.17, 15) is 0 Å². The Bertz CT molecular complexity index is 286. The highest BCUT2D eigenvalue weighted by atomic mass is 16.5. The van der Waals surface area contributed by atoms with Gasteiger partial charge in [0, 0.05) is 6.61 Å². The summed E-state index contributed by atoms with van der Waals surface area (Å²) in [5, 5.41) is 36.0. The maximum atomic E-state index is 9.06. The van der Waals surface area contributed by atoms with Gasteiger partial charge < -0.3 is 34.6 Å². The van der Waals surface area contributed by atoms with Gasteiger partial charge in [0.05, 0.1) is 44.2 Å². The van der Waals surface area contributed by atoms with Gasteiger partial charge in [-0.2, -0.15) is 0 Å². The van der Waals surface area contributed by atoms with Crippen molar-refractivity contribution < 1.29 is 34.6 Å². The lowest BCUT2D eigenvalue weighted by atomic mass is 10.0. The van der Waals surface area contributed by atoms with Gasteiger partial charge in [-0.1, -0.05) is 0 Å². The molecule has 0 aliphatic heterocycles. The van der Waals surface area contributed by atoms with E-state index >= 15 is 0 Å². The Morgan fingerprint density at radius 1 is 0.696 bits per heavy atom. The van der Waals surface area contributed by atoms with Gasteiger partial charge in [-0.05, 0) is 40.5 Å². The smallest absolute Gasteiger partial charge is 0.104 e. The highest BCUT2D eigenvalue weighted by molar-refractivity contribution is 4.74. The minimum atomic E-state index is -0.583. The summed E-state index contributed by atoms with van der Waals surface area (Å²) in [6, 6.07) is 0. The molecule has 0 aromatic heterocycles. The molecule has 0 saturated heterocycles. The van der Waals surface area contributed by atoms with Crippen molar-refractivity contribution in [2.45, 2.75) is 63.9 Å². The van der Waals surface area contributed by atoms with Crippen LogP contribution in [0.4, 0.5) is 0 Å². The fourth-order valence-electron chi connectivity index (χ4n) is 1.92. The monoisotopic (exact) mass is 338 g/mol. The van der Waals surface area contributed by atoms with Crippen LogP contribution >= 0.6 is 0 Å². The summed E-state index contributed by atoms with van der Waals surface area (Å²) in [4.78, 5) is 0. The molecule has 0 saturated carbocycles. The average Bonchev–Trinajstić information content (AvgIpc) is 2.48. The van der Waals surface area contributed by atoms with Crippen molar-refractivity contribution in [3.8, 4) is 0 Å². The molecule has 0 bridgehead atoms. The zero-order valence-corrected chi connectivity index (χ0v) is 14.8. The highest BCUT2D eigenvalue weighted by Gasteiger charge is 2.25. The van der Waals surface area contributed by atoms with Gasteiger partial charge >= 0.3 is 0 Å². The van der Waals surface area contributed by atoms with Gasteiger partial charge in [-0.3, -0.25) is 0 Å². The van der Waals surface area contributed by atoms with Crippen LogP contribution in [0.1, 0.15) is 40.5 Å². The number of aliphatic hydroxyl groups excluding tert-OH is 4. The third-order valence-electron chi connectivity index (χ3n) is 3.55. The normalized spacial score (nSPS) is 13.3. The van der Waals surface area contributed by atoms with E-state index in [-0.39, 0.29) is 26.4 Å². The molecule has 0 aliphatic rings. The first-order valence-electron chi connectivity index (χ1n) is 8.06. The molecular weight excluding hydrogens is 304 g/mol. The fourth-order valence-corrected chi connectivity index (χ4v) is 1.92. The first-order valence-corrected chi connectivity index (χ1v) is 8.06. The zero-order chi connectivity index (χ0) is 17.9. The van der Waals surface area contributed by atoms with E-state index in [4.69, 9.17) is 34.6 Å². The summed E-state index contributed by atoms with van der Waals surface area (Å²) in [6.45, 7) is 7.66. The van der Waals surface area contributed by atoms with Crippen LogP contribution in [0.3, 0.4) is 0 Å². The van der Waals surface area contributed by atoms with Crippen LogP contribution in [0.25, 0.3) is 0 Å². The number of hydrogen-bond acceptors (Lipinski definition) is 7. The molecule has 23 heavy (non-hydrogen) atoms. The van der Waals surface area contributed by atoms with Gasteiger partial charge in [0.25, 0.3) is 0 Å². The molecule has 4 N–H and O–H groups in total. The van der Waals surface area contributed by atoms with Gasteiger partial charge in [0.1, 0.15) is 12.2 Å². The summed E-state index contributed by atoms with van der Waals surface area (Å²) in [7, 11) is 0. The van der Waals surface area contributed by atoms with Crippen molar-refractivity contribution in [2.24, 2.45) is 0 Å². The molecule has 7 nitrogen and oxygen atoms in total. The Kier molecular flexibility index (Phi) is 11.2. The third kappa shape index (κ3) is 11.0. The van der Waals surface area contributed by atoms with Crippen molar-refractivity contribution in [1.29, 1.82) is 0 Å². The quantitative estimate of drug-likeness (QED) is 0.355. The largest absolute Gasteiger partial charge is 0.394 e. The van der Waals surface area contributed by atoms with Gasteiger partial charge in [-0.25, -0.2) is 0 Å². The van der Waals surface area contributed by atoms with Crippen LogP contribution < -0.4 is 0 Å². The Hall–Kier alpha value is -0.280. The van der Waals surface area contributed by atoms with Crippen LogP contribution in [0.15, 0.2) is 0 Å². The molecule has 0 aromatic carbocycles. The van der Waals surface area contributed by atoms with Crippen LogP contribution in [-0.2, 0) is 14.2 Å². The van der Waals surface area contributed by atoms with Crippen molar-refractivity contribution in [3.63, 3.8) is 0 Å². The second-order valence-corrected chi connectivity index (χ2v) is 6.83. The van der Waals surface area contributed by atoms with Crippen LogP contribution in [0.2, 0.25) is 0 Å². The zero-order valence-electron chi connectivity index (χ0n) is 14.8. The number of hydrogen-bond donors (Lipinski definition) is 4. The Balaban J connectivity index is 4.08. The summed E-state index contributed by atoms with van der Waals surface area (Å²) < 4.78 is 16.8. The van der Waals surface area contributed by atoms with Crippen molar-refractivity contribution >= 4 is 0 Å². The molecule has 0 atom stereocenters. The minimum Gasteiger partial charge on any atom is -0.394 e. The van der Waals surface area contributed by atoms with Crippen molar-refractivity contribution in [3.05, 3.63) is 0 Å². The minimum absolute atomic E-state index is 0.208. The van der Waals surface area contributed by atoms with Crippen LogP contribution in [0.5, 0.6) is 0 Å². The molecule has 0 fully saturated rings. The average molecular weight is 338 g/mol. The van der Waals surface area contributed by atoms with Gasteiger partial charge in [0.15, 0.2) is 0 Å². The molecule has 0 amide bonds. The first kappa shape index (κ1) is 22.7. The highest BCUT2D eigenvalue weighted by Crippen LogP contribution is 2.21. The van der Waals surface area contributed by atoms with E-state index in [2.05, 4.69) is 0 Å². The molecule has 0 aliphatic carbocycles. The van der Waals surface area contributed by atoms with Crippen LogP contribution in [-0.4, -0.2) is 83.5 Å². The molecule has 0 unspecified atom stereocenters. The van der Waals surface area contributed by atoms with E-state index in [1.54, 1.807) is 0 Å². The molecule has 0 heterocycles. The van der Waals surface area contributed by atoms with E-state index in [1.165, 1.54) is 0 Å². The summed E-state index contributed by atoms with van der Waals surface area (Å²) in [5.41, 5.74) is -0.916. The van der Waals surface area contributed by atoms with E-state index in [0.717, 1.165) is 0 Å². The maximum Gasteiger partial charge on any atom is 0.104 e. The Morgan fingerprint density at radius 3 is 1.65 bits per heavy atom. The number of ether oxygens (including phenoxy) is 3. The van der Waals surface area contributed by atoms with Gasteiger partial charge in [-0.15, -0.1) is 0 Å². The van der Waals surface area contributed by atoms with Crippen molar-refractivity contribution in [2.75, 3.05) is 39.6 Å².